The van der Waals surface area contributed by atoms with Gasteiger partial charge in [-0.1, -0.05) is 20.3 Å². The molecule has 2 nitrogen and oxygen atoms in total. The summed E-state index contributed by atoms with van der Waals surface area (Å²) in [5.41, 5.74) is 0.247. The molecule has 0 heterocycles. The van der Waals surface area contributed by atoms with Gasteiger partial charge in [0.15, 0.2) is 0 Å². The molecule has 2 heteroatoms. The highest BCUT2D eigenvalue weighted by molar-refractivity contribution is 4.88. The van der Waals surface area contributed by atoms with Crippen LogP contribution in [0.3, 0.4) is 0 Å². The fourth-order valence-electron chi connectivity index (χ4n) is 1.81. The first-order valence-corrected chi connectivity index (χ1v) is 5.50. The molecular formula is C11H23NO. The van der Waals surface area contributed by atoms with E-state index in [9.17, 15) is 5.11 Å². The van der Waals surface area contributed by atoms with Crippen LogP contribution in [0.5, 0.6) is 0 Å². The first-order valence-electron chi connectivity index (χ1n) is 5.50. The summed E-state index contributed by atoms with van der Waals surface area (Å²) >= 11 is 0. The predicted octanol–water partition coefficient (Wildman–Crippen LogP) is 1.78. The second-order valence-electron chi connectivity index (χ2n) is 4.87. The molecule has 0 amide bonds. The Labute approximate surface area is 81.7 Å². The molecule has 0 aromatic rings. The maximum atomic E-state index is 9.21. The summed E-state index contributed by atoms with van der Waals surface area (Å²) in [7, 11) is 0. The molecule has 0 unspecified atom stereocenters. The Morgan fingerprint density at radius 2 is 2.08 bits per heavy atom. The minimum Gasteiger partial charge on any atom is -0.396 e. The van der Waals surface area contributed by atoms with Gasteiger partial charge >= 0.3 is 0 Å². The molecule has 0 aromatic carbocycles. The van der Waals surface area contributed by atoms with E-state index in [1.165, 1.54) is 25.7 Å². The van der Waals surface area contributed by atoms with Gasteiger partial charge in [0.2, 0.25) is 0 Å². The standard InChI is InChI=1S/C11H23NO/c1-10(2)4-7-12-8-11(9-13)5-3-6-11/h10,12-13H,3-9H2,1-2H3. The smallest absolute Gasteiger partial charge is 0.0499 e. The van der Waals surface area contributed by atoms with E-state index in [2.05, 4.69) is 19.2 Å². The van der Waals surface area contributed by atoms with Crippen molar-refractivity contribution < 1.29 is 5.11 Å². The summed E-state index contributed by atoms with van der Waals surface area (Å²) in [6.45, 7) is 6.96. The van der Waals surface area contributed by atoms with E-state index >= 15 is 0 Å². The maximum absolute atomic E-state index is 9.21. The molecule has 1 aliphatic carbocycles. The fraction of sp³-hybridized carbons (Fsp3) is 1.00. The van der Waals surface area contributed by atoms with Crippen LogP contribution in [0.25, 0.3) is 0 Å². The zero-order chi connectivity index (χ0) is 9.73. The highest BCUT2D eigenvalue weighted by atomic mass is 16.3. The van der Waals surface area contributed by atoms with Gasteiger partial charge in [0, 0.05) is 18.6 Å². The van der Waals surface area contributed by atoms with Crippen molar-refractivity contribution in [2.75, 3.05) is 19.7 Å². The summed E-state index contributed by atoms with van der Waals surface area (Å²) in [6.07, 6.45) is 4.95. The lowest BCUT2D eigenvalue weighted by Gasteiger charge is -2.40. The second kappa shape index (κ2) is 4.97. The normalized spacial score (nSPS) is 20.3. The first kappa shape index (κ1) is 11.0. The van der Waals surface area contributed by atoms with Crippen LogP contribution >= 0.6 is 0 Å². The van der Waals surface area contributed by atoms with Gasteiger partial charge in [0.1, 0.15) is 0 Å². The van der Waals surface area contributed by atoms with Crippen LogP contribution in [0.15, 0.2) is 0 Å². The molecule has 1 fully saturated rings. The largest absolute Gasteiger partial charge is 0.396 e. The molecule has 0 atom stereocenters. The van der Waals surface area contributed by atoms with Crippen molar-refractivity contribution in [3.63, 3.8) is 0 Å². The molecule has 0 bridgehead atoms. The van der Waals surface area contributed by atoms with Crippen LogP contribution in [0.4, 0.5) is 0 Å². The minimum atomic E-state index is 0.247. The molecule has 0 saturated heterocycles. The Balaban J connectivity index is 2.04. The highest BCUT2D eigenvalue weighted by Crippen LogP contribution is 2.39. The number of aliphatic hydroxyl groups is 1. The molecule has 0 radical (unpaired) electrons. The van der Waals surface area contributed by atoms with E-state index in [-0.39, 0.29) is 5.41 Å². The average Bonchev–Trinajstić information content (AvgIpc) is 2.01. The van der Waals surface area contributed by atoms with Gasteiger partial charge in [0.05, 0.1) is 0 Å². The Hall–Kier alpha value is -0.0800. The van der Waals surface area contributed by atoms with Gasteiger partial charge in [-0.05, 0) is 31.7 Å². The van der Waals surface area contributed by atoms with E-state index in [4.69, 9.17) is 0 Å². The second-order valence-corrected chi connectivity index (χ2v) is 4.87. The molecule has 1 rings (SSSR count). The maximum Gasteiger partial charge on any atom is 0.0499 e. The van der Waals surface area contributed by atoms with Gasteiger partial charge in [-0.25, -0.2) is 0 Å². The van der Waals surface area contributed by atoms with Crippen LogP contribution in [0.2, 0.25) is 0 Å². The number of hydrogen-bond acceptors (Lipinski definition) is 2. The summed E-state index contributed by atoms with van der Waals surface area (Å²) < 4.78 is 0. The number of hydrogen-bond donors (Lipinski definition) is 2. The third-order valence-electron chi connectivity index (χ3n) is 3.15. The van der Waals surface area contributed by atoms with Crippen molar-refractivity contribution in [3.8, 4) is 0 Å². The number of aliphatic hydroxyl groups excluding tert-OH is 1. The lowest BCUT2D eigenvalue weighted by atomic mass is 9.69. The van der Waals surface area contributed by atoms with Crippen molar-refractivity contribution in [3.05, 3.63) is 0 Å². The molecule has 13 heavy (non-hydrogen) atoms. The van der Waals surface area contributed by atoms with Crippen LogP contribution in [0, 0.1) is 11.3 Å². The van der Waals surface area contributed by atoms with Crippen LogP contribution in [0.1, 0.15) is 39.5 Å². The van der Waals surface area contributed by atoms with Crippen LogP contribution in [-0.2, 0) is 0 Å². The Morgan fingerprint density at radius 3 is 2.46 bits per heavy atom. The Morgan fingerprint density at radius 1 is 1.38 bits per heavy atom. The Kier molecular flexibility index (Phi) is 4.20. The monoisotopic (exact) mass is 185 g/mol. The predicted molar refractivity (Wildman–Crippen MR) is 55.7 cm³/mol. The third-order valence-corrected chi connectivity index (χ3v) is 3.15. The van der Waals surface area contributed by atoms with E-state index < -0.39 is 0 Å². The number of nitrogens with one attached hydrogen (secondary N) is 1. The van der Waals surface area contributed by atoms with Crippen molar-refractivity contribution >= 4 is 0 Å². The Bertz CT molecular complexity index is 136. The van der Waals surface area contributed by atoms with Crippen LogP contribution < -0.4 is 5.32 Å². The zero-order valence-corrected chi connectivity index (χ0v) is 8.97. The van der Waals surface area contributed by atoms with E-state index in [1.54, 1.807) is 0 Å². The van der Waals surface area contributed by atoms with Crippen molar-refractivity contribution in [2.45, 2.75) is 39.5 Å². The molecule has 78 valence electrons. The van der Waals surface area contributed by atoms with E-state index in [1.807, 2.05) is 0 Å². The van der Waals surface area contributed by atoms with E-state index in [0.717, 1.165) is 19.0 Å². The summed E-state index contributed by atoms with van der Waals surface area (Å²) in [6, 6.07) is 0. The summed E-state index contributed by atoms with van der Waals surface area (Å²) in [5, 5.41) is 12.7. The van der Waals surface area contributed by atoms with E-state index in [0.29, 0.717) is 6.61 Å². The SMILES string of the molecule is CC(C)CCNCC1(CO)CCC1. The highest BCUT2D eigenvalue weighted by Gasteiger charge is 2.35. The minimum absolute atomic E-state index is 0.247. The lowest BCUT2D eigenvalue weighted by Crippen LogP contribution is -2.43. The van der Waals surface area contributed by atoms with Gasteiger partial charge in [-0.2, -0.15) is 0 Å². The summed E-state index contributed by atoms with van der Waals surface area (Å²) in [4.78, 5) is 0. The zero-order valence-electron chi connectivity index (χ0n) is 8.97. The molecular weight excluding hydrogens is 162 g/mol. The van der Waals surface area contributed by atoms with Gasteiger partial charge in [0.25, 0.3) is 0 Å². The molecule has 1 saturated carbocycles. The number of rotatable bonds is 6. The lowest BCUT2D eigenvalue weighted by molar-refractivity contribution is 0.0447. The summed E-state index contributed by atoms with van der Waals surface area (Å²) in [5.74, 6) is 0.777. The molecule has 1 aliphatic rings. The average molecular weight is 185 g/mol. The van der Waals surface area contributed by atoms with Crippen LogP contribution in [-0.4, -0.2) is 24.8 Å². The first-order chi connectivity index (χ1) is 6.18. The molecule has 2 N–H and O–H groups in total. The van der Waals surface area contributed by atoms with Gasteiger partial charge < -0.3 is 10.4 Å². The van der Waals surface area contributed by atoms with Crippen molar-refractivity contribution in [2.24, 2.45) is 11.3 Å². The van der Waals surface area contributed by atoms with Gasteiger partial charge in [-0.3, -0.25) is 0 Å². The molecule has 0 aromatic heterocycles. The van der Waals surface area contributed by atoms with Gasteiger partial charge in [-0.15, -0.1) is 0 Å². The fourth-order valence-corrected chi connectivity index (χ4v) is 1.81. The molecule has 0 aliphatic heterocycles. The third kappa shape index (κ3) is 3.28. The molecule has 0 spiro atoms. The quantitative estimate of drug-likeness (QED) is 0.618. The van der Waals surface area contributed by atoms with Crippen molar-refractivity contribution in [1.82, 2.24) is 5.32 Å². The topological polar surface area (TPSA) is 32.3 Å². The van der Waals surface area contributed by atoms with Crippen molar-refractivity contribution in [1.29, 1.82) is 0 Å².